The SMILES string of the molecule is CCCCn1ncc(N2CCC(NC)C2)c(Cl)c1=O. The number of nitrogens with one attached hydrogen (secondary N) is 1. The topological polar surface area (TPSA) is 50.2 Å². The van der Waals surface area contributed by atoms with Gasteiger partial charge in [-0.25, -0.2) is 4.68 Å². The van der Waals surface area contributed by atoms with Gasteiger partial charge in [-0.3, -0.25) is 4.79 Å². The lowest BCUT2D eigenvalue weighted by Crippen LogP contribution is -2.31. The maximum absolute atomic E-state index is 12.1. The number of rotatable bonds is 5. The molecule has 6 heteroatoms. The number of anilines is 1. The van der Waals surface area contributed by atoms with Crippen LogP contribution in [0.3, 0.4) is 0 Å². The second kappa shape index (κ2) is 6.39. The average Bonchev–Trinajstić information content (AvgIpc) is 2.89. The van der Waals surface area contributed by atoms with E-state index in [2.05, 4.69) is 22.2 Å². The van der Waals surface area contributed by atoms with Crippen LogP contribution in [0.5, 0.6) is 0 Å². The third kappa shape index (κ3) is 3.09. The van der Waals surface area contributed by atoms with Crippen LogP contribution in [0.4, 0.5) is 5.69 Å². The predicted molar refractivity (Wildman–Crippen MR) is 78.1 cm³/mol. The van der Waals surface area contributed by atoms with Gasteiger partial charge in [0.05, 0.1) is 11.9 Å². The van der Waals surface area contributed by atoms with Gasteiger partial charge in [0, 0.05) is 25.7 Å². The van der Waals surface area contributed by atoms with Gasteiger partial charge in [-0.15, -0.1) is 0 Å². The Bertz CT molecular complexity index is 488. The number of likely N-dealkylation sites (N-methyl/N-ethyl adjacent to an activating group) is 1. The number of aromatic nitrogens is 2. The molecule has 1 unspecified atom stereocenters. The van der Waals surface area contributed by atoms with E-state index in [-0.39, 0.29) is 5.56 Å². The first-order valence-corrected chi connectivity index (χ1v) is 7.23. The van der Waals surface area contributed by atoms with Gasteiger partial charge in [0.25, 0.3) is 5.56 Å². The summed E-state index contributed by atoms with van der Waals surface area (Å²) in [6, 6.07) is 0.457. The lowest BCUT2D eigenvalue weighted by Gasteiger charge is -2.19. The van der Waals surface area contributed by atoms with Gasteiger partial charge in [0.15, 0.2) is 0 Å². The van der Waals surface area contributed by atoms with Gasteiger partial charge in [-0.2, -0.15) is 5.10 Å². The summed E-state index contributed by atoms with van der Waals surface area (Å²) in [7, 11) is 1.96. The molecule has 1 aliphatic heterocycles. The standard InChI is InChI=1S/C13H21ClN4O/c1-3-4-6-18-13(19)12(14)11(8-16-18)17-7-5-10(9-17)15-2/h8,10,15H,3-7,9H2,1-2H3. The number of aryl methyl sites for hydroxylation is 1. The van der Waals surface area contributed by atoms with Crippen LogP contribution in [0.2, 0.25) is 5.02 Å². The molecule has 1 fully saturated rings. The molecular weight excluding hydrogens is 264 g/mol. The Kier molecular flexibility index (Phi) is 4.82. The summed E-state index contributed by atoms with van der Waals surface area (Å²) in [4.78, 5) is 14.3. The average molecular weight is 285 g/mol. The molecule has 0 amide bonds. The van der Waals surface area contributed by atoms with Crippen molar-refractivity contribution < 1.29 is 0 Å². The molecule has 19 heavy (non-hydrogen) atoms. The highest BCUT2D eigenvalue weighted by Crippen LogP contribution is 2.24. The van der Waals surface area contributed by atoms with Gasteiger partial charge in [0.1, 0.15) is 5.02 Å². The fourth-order valence-electron chi connectivity index (χ4n) is 2.36. The lowest BCUT2D eigenvalue weighted by atomic mass is 10.3. The van der Waals surface area contributed by atoms with Crippen LogP contribution < -0.4 is 15.8 Å². The Morgan fingerprint density at radius 2 is 2.37 bits per heavy atom. The zero-order chi connectivity index (χ0) is 13.8. The Hall–Kier alpha value is -1.07. The molecule has 1 aromatic rings. The quantitative estimate of drug-likeness (QED) is 0.890. The van der Waals surface area contributed by atoms with Crippen LogP contribution >= 0.6 is 11.6 Å². The molecule has 1 atom stereocenters. The van der Waals surface area contributed by atoms with Gasteiger partial charge in [-0.05, 0) is 19.9 Å². The molecule has 0 saturated carbocycles. The molecule has 0 spiro atoms. The maximum atomic E-state index is 12.1. The maximum Gasteiger partial charge on any atom is 0.287 e. The minimum absolute atomic E-state index is 0.180. The second-order valence-corrected chi connectivity index (χ2v) is 5.32. The molecule has 1 saturated heterocycles. The monoisotopic (exact) mass is 284 g/mol. The Labute approximate surface area is 118 Å². The first-order valence-electron chi connectivity index (χ1n) is 6.85. The van der Waals surface area contributed by atoms with Crippen molar-refractivity contribution in [3.63, 3.8) is 0 Å². The summed E-state index contributed by atoms with van der Waals surface area (Å²) in [5.41, 5.74) is 0.581. The molecule has 0 aromatic carbocycles. The zero-order valence-electron chi connectivity index (χ0n) is 11.5. The van der Waals surface area contributed by atoms with Crippen LogP contribution in [-0.2, 0) is 6.54 Å². The number of hydrogen-bond acceptors (Lipinski definition) is 4. The van der Waals surface area contributed by atoms with Gasteiger partial charge < -0.3 is 10.2 Å². The van der Waals surface area contributed by atoms with Crippen molar-refractivity contribution in [3.8, 4) is 0 Å². The van der Waals surface area contributed by atoms with E-state index < -0.39 is 0 Å². The summed E-state index contributed by atoms with van der Waals surface area (Å²) >= 11 is 6.21. The van der Waals surface area contributed by atoms with Gasteiger partial charge in [-0.1, -0.05) is 24.9 Å². The van der Waals surface area contributed by atoms with E-state index in [1.54, 1.807) is 6.20 Å². The lowest BCUT2D eigenvalue weighted by molar-refractivity contribution is 0.542. The molecule has 1 N–H and O–H groups in total. The summed E-state index contributed by atoms with van der Waals surface area (Å²) in [6.07, 6.45) is 4.75. The summed E-state index contributed by atoms with van der Waals surface area (Å²) in [5, 5.41) is 7.77. The van der Waals surface area contributed by atoms with Crippen molar-refractivity contribution in [3.05, 3.63) is 21.6 Å². The molecule has 2 heterocycles. The van der Waals surface area contributed by atoms with E-state index in [0.717, 1.165) is 38.0 Å². The molecular formula is C13H21ClN4O. The Balaban J connectivity index is 2.19. The fourth-order valence-corrected chi connectivity index (χ4v) is 2.62. The van der Waals surface area contributed by atoms with Crippen molar-refractivity contribution in [2.45, 2.75) is 38.8 Å². The summed E-state index contributed by atoms with van der Waals surface area (Å²) < 4.78 is 1.46. The highest BCUT2D eigenvalue weighted by atomic mass is 35.5. The minimum atomic E-state index is -0.180. The first-order chi connectivity index (χ1) is 9.17. The second-order valence-electron chi connectivity index (χ2n) is 4.95. The molecule has 106 valence electrons. The number of unbranched alkanes of at least 4 members (excludes halogenated alkanes) is 1. The molecule has 1 aromatic heterocycles. The first kappa shape index (κ1) is 14.3. The van der Waals surface area contributed by atoms with E-state index in [1.165, 1.54) is 4.68 Å². The van der Waals surface area contributed by atoms with Gasteiger partial charge >= 0.3 is 0 Å². The minimum Gasteiger partial charge on any atom is -0.367 e. The normalized spacial score (nSPS) is 19.1. The van der Waals surface area contributed by atoms with E-state index in [4.69, 9.17) is 11.6 Å². The van der Waals surface area contributed by atoms with E-state index >= 15 is 0 Å². The van der Waals surface area contributed by atoms with Crippen LogP contribution in [0.1, 0.15) is 26.2 Å². The molecule has 2 rings (SSSR count). The van der Waals surface area contributed by atoms with E-state index in [1.807, 2.05) is 7.05 Å². The smallest absolute Gasteiger partial charge is 0.287 e. The number of nitrogens with zero attached hydrogens (tertiary/aromatic N) is 3. The van der Waals surface area contributed by atoms with Crippen molar-refractivity contribution in [2.75, 3.05) is 25.0 Å². The molecule has 0 bridgehead atoms. The molecule has 0 aliphatic carbocycles. The van der Waals surface area contributed by atoms with Crippen LogP contribution in [0.15, 0.2) is 11.0 Å². The van der Waals surface area contributed by atoms with Crippen molar-refractivity contribution >= 4 is 17.3 Å². The zero-order valence-corrected chi connectivity index (χ0v) is 12.3. The van der Waals surface area contributed by atoms with Crippen molar-refractivity contribution in [2.24, 2.45) is 0 Å². The summed E-state index contributed by atoms with van der Waals surface area (Å²) in [5.74, 6) is 0. The van der Waals surface area contributed by atoms with E-state index in [9.17, 15) is 4.79 Å². The van der Waals surface area contributed by atoms with E-state index in [0.29, 0.717) is 17.6 Å². The third-order valence-electron chi connectivity index (χ3n) is 3.63. The van der Waals surface area contributed by atoms with Crippen LogP contribution in [0, 0.1) is 0 Å². The highest BCUT2D eigenvalue weighted by molar-refractivity contribution is 6.33. The predicted octanol–water partition coefficient (Wildman–Crippen LogP) is 1.49. The molecule has 0 radical (unpaired) electrons. The highest BCUT2D eigenvalue weighted by Gasteiger charge is 2.24. The largest absolute Gasteiger partial charge is 0.367 e. The fraction of sp³-hybridized carbons (Fsp3) is 0.692. The van der Waals surface area contributed by atoms with Crippen molar-refractivity contribution in [1.29, 1.82) is 0 Å². The van der Waals surface area contributed by atoms with Gasteiger partial charge in [0.2, 0.25) is 0 Å². The third-order valence-corrected chi connectivity index (χ3v) is 3.98. The Morgan fingerprint density at radius 3 is 3.00 bits per heavy atom. The summed E-state index contributed by atoms with van der Waals surface area (Å²) in [6.45, 7) is 4.50. The van der Waals surface area contributed by atoms with Crippen molar-refractivity contribution in [1.82, 2.24) is 15.1 Å². The molecule has 5 nitrogen and oxygen atoms in total. The molecule has 1 aliphatic rings. The number of hydrogen-bond donors (Lipinski definition) is 1. The van der Waals surface area contributed by atoms with Crippen LogP contribution in [-0.4, -0.2) is 36.0 Å². The Morgan fingerprint density at radius 1 is 1.58 bits per heavy atom. The van der Waals surface area contributed by atoms with Crippen LogP contribution in [0.25, 0.3) is 0 Å². The number of halogens is 1.